The molecule has 0 unspecified atom stereocenters. The normalized spacial score (nSPS) is 18.6. The molecule has 1 rings (SSSR count). The number of hydrogen-bond donors (Lipinski definition) is 1. The highest BCUT2D eigenvalue weighted by molar-refractivity contribution is 7.80. The van der Waals surface area contributed by atoms with Gasteiger partial charge in [-0.15, -0.1) is 0 Å². The first-order valence-corrected chi connectivity index (χ1v) is 3.65. The topological polar surface area (TPSA) is 32.5 Å². The van der Waals surface area contributed by atoms with Crippen molar-refractivity contribution >= 4 is 23.5 Å². The zero-order valence-electron chi connectivity index (χ0n) is 5.62. The van der Waals surface area contributed by atoms with Crippen LogP contribution in [0.15, 0.2) is 0 Å². The van der Waals surface area contributed by atoms with Crippen LogP contribution in [0.5, 0.6) is 0 Å². The first-order chi connectivity index (χ1) is 4.84. The maximum absolute atomic E-state index is 9.11. The summed E-state index contributed by atoms with van der Waals surface area (Å²) in [6, 6.07) is 0. The van der Waals surface area contributed by atoms with Crippen molar-refractivity contribution in [3.8, 4) is 0 Å². The van der Waals surface area contributed by atoms with E-state index in [1.54, 1.807) is 4.58 Å². The van der Waals surface area contributed by atoms with Crippen LogP contribution in [0, 0.1) is 0 Å². The fraction of sp³-hybridized carbons (Fsp3) is 0.667. The van der Waals surface area contributed by atoms with E-state index in [0.717, 1.165) is 13.1 Å². The fourth-order valence-electron chi connectivity index (χ4n) is 0.867. The minimum Gasteiger partial charge on any atom is -0.460 e. The fourth-order valence-corrected chi connectivity index (χ4v) is 1.02. The molecule has 0 aromatic carbocycles. The van der Waals surface area contributed by atoms with Crippen LogP contribution in [0.25, 0.3) is 0 Å². The molecule has 4 heteroatoms. The van der Waals surface area contributed by atoms with Crippen LogP contribution in [0.4, 0.5) is 0 Å². The maximum atomic E-state index is 9.11. The molecule has 1 aliphatic rings. The van der Waals surface area contributed by atoms with Gasteiger partial charge in [0.25, 0.3) is 0 Å². The summed E-state index contributed by atoms with van der Waals surface area (Å²) in [5.41, 5.74) is 0. The van der Waals surface area contributed by atoms with Crippen LogP contribution in [0.1, 0.15) is 0 Å². The molecule has 0 radical (unpaired) electrons. The van der Waals surface area contributed by atoms with E-state index in [-0.39, 0.29) is 5.90 Å². The van der Waals surface area contributed by atoms with Crippen LogP contribution in [0.3, 0.4) is 0 Å². The Kier molecular flexibility index (Phi) is 2.77. The molecule has 1 saturated heterocycles. The van der Waals surface area contributed by atoms with E-state index >= 15 is 0 Å². The van der Waals surface area contributed by atoms with Crippen molar-refractivity contribution in [2.45, 2.75) is 0 Å². The van der Waals surface area contributed by atoms with Crippen molar-refractivity contribution in [2.75, 3.05) is 26.3 Å². The largest absolute Gasteiger partial charge is 0.460 e. The van der Waals surface area contributed by atoms with Gasteiger partial charge in [0.1, 0.15) is 18.6 Å². The first kappa shape index (κ1) is 7.63. The average Bonchev–Trinajstić information content (AvgIpc) is 2.05. The average molecular weight is 160 g/mol. The third-order valence-electron chi connectivity index (χ3n) is 1.44. The third-order valence-corrected chi connectivity index (χ3v) is 1.65. The summed E-state index contributed by atoms with van der Waals surface area (Å²) in [5, 5.41) is 10.4. The number of thiocarbonyl (C=S) groups is 1. The van der Waals surface area contributed by atoms with Crippen molar-refractivity contribution in [1.82, 2.24) is 0 Å². The summed E-state index contributed by atoms with van der Waals surface area (Å²) < 4.78 is 6.88. The Bertz CT molecular complexity index is 159. The molecule has 1 heterocycles. The van der Waals surface area contributed by atoms with Gasteiger partial charge in [0, 0.05) is 0 Å². The lowest BCUT2D eigenvalue weighted by Crippen LogP contribution is -2.33. The molecule has 0 aromatic rings. The van der Waals surface area contributed by atoms with Crippen LogP contribution < -0.4 is 0 Å². The summed E-state index contributed by atoms with van der Waals surface area (Å²) >= 11 is 4.56. The van der Waals surface area contributed by atoms with Gasteiger partial charge in [-0.2, -0.15) is 4.58 Å². The maximum Gasteiger partial charge on any atom is 0.371 e. The van der Waals surface area contributed by atoms with Gasteiger partial charge < -0.3 is 9.84 Å². The van der Waals surface area contributed by atoms with E-state index in [4.69, 9.17) is 9.84 Å². The van der Waals surface area contributed by atoms with Gasteiger partial charge >= 0.3 is 5.90 Å². The molecule has 0 aliphatic carbocycles. The van der Waals surface area contributed by atoms with Crippen LogP contribution in [0.2, 0.25) is 0 Å². The third kappa shape index (κ3) is 1.75. The number of morpholine rings is 1. The van der Waals surface area contributed by atoms with Gasteiger partial charge in [-0.3, -0.25) is 0 Å². The second-order valence-electron chi connectivity index (χ2n) is 2.08. The lowest BCUT2D eigenvalue weighted by molar-refractivity contribution is -0.554. The number of nitrogens with zero attached hydrogens (tertiary/aromatic N) is 1. The number of hydrogen-bond acceptors (Lipinski definition) is 2. The lowest BCUT2D eigenvalue weighted by atomic mass is 10.5. The molecule has 1 N–H and O–H groups in total. The molecule has 56 valence electrons. The SMILES string of the molecule is OC(C=S)=[N+]1CCOCC1. The Morgan fingerprint density at radius 2 is 2.10 bits per heavy atom. The molecule has 0 bridgehead atoms. The molecule has 3 nitrogen and oxygen atoms in total. The van der Waals surface area contributed by atoms with Gasteiger partial charge in [0.05, 0.1) is 0 Å². The zero-order valence-corrected chi connectivity index (χ0v) is 6.43. The Morgan fingerprint density at radius 1 is 1.50 bits per heavy atom. The highest BCUT2D eigenvalue weighted by atomic mass is 32.1. The van der Waals surface area contributed by atoms with E-state index in [1.807, 2.05) is 0 Å². The van der Waals surface area contributed by atoms with Gasteiger partial charge in [0.15, 0.2) is 13.1 Å². The van der Waals surface area contributed by atoms with Crippen molar-refractivity contribution in [3.05, 3.63) is 0 Å². The number of aliphatic hydroxyl groups is 1. The Morgan fingerprint density at radius 3 is 2.60 bits per heavy atom. The van der Waals surface area contributed by atoms with Crippen molar-refractivity contribution in [2.24, 2.45) is 0 Å². The molecule has 10 heavy (non-hydrogen) atoms. The molecule has 0 aromatic heterocycles. The van der Waals surface area contributed by atoms with Gasteiger partial charge in [-0.25, -0.2) is 0 Å². The molecule has 1 aliphatic heterocycles. The Balaban J connectivity index is 2.59. The van der Waals surface area contributed by atoms with Gasteiger partial charge in [0.2, 0.25) is 0 Å². The molecular formula is C6H10NO2S+. The molecule has 1 fully saturated rings. The summed E-state index contributed by atoms with van der Waals surface area (Å²) in [4.78, 5) is 0. The van der Waals surface area contributed by atoms with Crippen LogP contribution >= 0.6 is 12.2 Å². The van der Waals surface area contributed by atoms with Gasteiger partial charge in [-0.1, -0.05) is 12.2 Å². The van der Waals surface area contributed by atoms with E-state index in [2.05, 4.69) is 12.2 Å². The van der Waals surface area contributed by atoms with E-state index in [9.17, 15) is 0 Å². The smallest absolute Gasteiger partial charge is 0.371 e. The number of aliphatic hydroxyl groups excluding tert-OH is 1. The quantitative estimate of drug-likeness (QED) is 0.332. The monoisotopic (exact) mass is 160 g/mol. The van der Waals surface area contributed by atoms with Crippen LogP contribution in [-0.4, -0.2) is 47.3 Å². The molecule has 0 spiro atoms. The second-order valence-corrected chi connectivity index (χ2v) is 2.31. The summed E-state index contributed by atoms with van der Waals surface area (Å²) in [6.07, 6.45) is 0. The van der Waals surface area contributed by atoms with E-state index < -0.39 is 0 Å². The zero-order chi connectivity index (χ0) is 7.40. The molecular weight excluding hydrogens is 150 g/mol. The minimum atomic E-state index is 0.179. The van der Waals surface area contributed by atoms with Gasteiger partial charge in [-0.05, 0) is 0 Å². The molecule has 0 saturated carbocycles. The van der Waals surface area contributed by atoms with E-state index in [0.29, 0.717) is 13.2 Å². The molecule has 0 atom stereocenters. The predicted octanol–water partition coefficient (Wildman–Crippen LogP) is -0.0147. The standard InChI is InChI=1S/C6H9NO2S/c8-6(5-10)7-1-3-9-4-2-7/h5H,1-4H2/p+1. The summed E-state index contributed by atoms with van der Waals surface area (Å²) in [5.74, 6) is 0.179. The van der Waals surface area contributed by atoms with Crippen LogP contribution in [-0.2, 0) is 4.74 Å². The lowest BCUT2D eigenvalue weighted by Gasteiger charge is -2.09. The molecule has 0 amide bonds. The number of rotatable bonds is 1. The highest BCUT2D eigenvalue weighted by Crippen LogP contribution is 1.88. The first-order valence-electron chi connectivity index (χ1n) is 3.18. The summed E-state index contributed by atoms with van der Waals surface area (Å²) in [6.45, 7) is 2.82. The van der Waals surface area contributed by atoms with Crippen molar-refractivity contribution < 1.29 is 14.4 Å². The summed E-state index contributed by atoms with van der Waals surface area (Å²) in [7, 11) is 0. The van der Waals surface area contributed by atoms with Crippen molar-refractivity contribution in [1.29, 1.82) is 0 Å². The minimum absolute atomic E-state index is 0.179. The number of ether oxygens (including phenoxy) is 1. The predicted molar refractivity (Wildman–Crippen MR) is 42.1 cm³/mol. The van der Waals surface area contributed by atoms with Crippen molar-refractivity contribution in [3.63, 3.8) is 0 Å². The Labute approximate surface area is 64.9 Å². The Hall–Kier alpha value is -0.480. The highest BCUT2D eigenvalue weighted by Gasteiger charge is 2.14. The second kappa shape index (κ2) is 3.63. The van der Waals surface area contributed by atoms with E-state index in [1.165, 1.54) is 5.37 Å².